The molecular formula is C14H20ClN3O. The molecule has 1 aromatic heterocycles. The first-order chi connectivity index (χ1) is 9.20. The molecule has 1 fully saturated rings. The molecule has 2 rings (SSSR count). The highest BCUT2D eigenvalue weighted by molar-refractivity contribution is 6.32. The van der Waals surface area contributed by atoms with Gasteiger partial charge in [-0.2, -0.15) is 0 Å². The first-order valence-electron chi connectivity index (χ1n) is 6.94. The summed E-state index contributed by atoms with van der Waals surface area (Å²) < 4.78 is 0. The van der Waals surface area contributed by atoms with E-state index in [2.05, 4.69) is 15.3 Å². The van der Waals surface area contributed by atoms with Crippen LogP contribution in [-0.4, -0.2) is 22.8 Å². The van der Waals surface area contributed by atoms with Crippen molar-refractivity contribution in [1.82, 2.24) is 9.97 Å². The van der Waals surface area contributed by atoms with E-state index in [4.69, 9.17) is 11.6 Å². The summed E-state index contributed by atoms with van der Waals surface area (Å²) in [5, 5.41) is 3.43. The van der Waals surface area contributed by atoms with Crippen LogP contribution in [0.1, 0.15) is 54.7 Å². The van der Waals surface area contributed by atoms with Crippen LogP contribution < -0.4 is 5.32 Å². The van der Waals surface area contributed by atoms with Crippen LogP contribution in [0.3, 0.4) is 0 Å². The third-order valence-corrected chi connectivity index (χ3v) is 3.97. The number of carbonyl (C=O) groups is 1. The van der Waals surface area contributed by atoms with Crippen molar-refractivity contribution >= 4 is 23.7 Å². The van der Waals surface area contributed by atoms with Crippen LogP contribution >= 0.6 is 11.6 Å². The second-order valence-corrected chi connectivity index (χ2v) is 5.52. The summed E-state index contributed by atoms with van der Waals surface area (Å²) >= 11 is 5.93. The van der Waals surface area contributed by atoms with Crippen LogP contribution in [-0.2, 0) is 0 Å². The number of hydrogen-bond acceptors (Lipinski definition) is 4. The number of aldehydes is 1. The lowest BCUT2D eigenvalue weighted by Crippen LogP contribution is -2.09. The zero-order valence-corrected chi connectivity index (χ0v) is 12.0. The minimum absolute atomic E-state index is 0.223. The fraction of sp³-hybridized carbons (Fsp3) is 0.643. The van der Waals surface area contributed by atoms with Gasteiger partial charge in [0.25, 0.3) is 0 Å². The smallest absolute Gasteiger partial charge is 0.156 e. The Morgan fingerprint density at radius 1 is 1.37 bits per heavy atom. The zero-order chi connectivity index (χ0) is 13.7. The molecule has 5 heteroatoms. The third kappa shape index (κ3) is 3.90. The maximum absolute atomic E-state index is 11.0. The molecule has 0 amide bonds. The molecule has 0 bridgehead atoms. The fourth-order valence-electron chi connectivity index (χ4n) is 2.68. The van der Waals surface area contributed by atoms with Gasteiger partial charge in [0.15, 0.2) is 6.29 Å². The molecule has 1 saturated carbocycles. The van der Waals surface area contributed by atoms with Crippen molar-refractivity contribution in [1.29, 1.82) is 0 Å². The standard InChI is InChI=1S/C14H20ClN3O/c1-10-17-13(15)12(9-19)14(18-10)16-8-4-7-11-5-2-3-6-11/h9,11H,2-8H2,1H3,(H,16,17,18). The van der Waals surface area contributed by atoms with Crippen LogP contribution in [0.5, 0.6) is 0 Å². The zero-order valence-electron chi connectivity index (χ0n) is 11.3. The minimum Gasteiger partial charge on any atom is -0.369 e. The van der Waals surface area contributed by atoms with Gasteiger partial charge < -0.3 is 5.32 Å². The Labute approximate surface area is 119 Å². The lowest BCUT2D eigenvalue weighted by molar-refractivity contribution is 0.112. The third-order valence-electron chi connectivity index (χ3n) is 3.69. The Balaban J connectivity index is 1.86. The summed E-state index contributed by atoms with van der Waals surface area (Å²) in [6, 6.07) is 0. The molecule has 0 aromatic carbocycles. The fourth-order valence-corrected chi connectivity index (χ4v) is 2.94. The number of nitrogens with zero attached hydrogens (tertiary/aromatic N) is 2. The maximum atomic E-state index is 11.0. The molecule has 4 nitrogen and oxygen atoms in total. The molecule has 0 aliphatic heterocycles. The number of nitrogens with one attached hydrogen (secondary N) is 1. The minimum atomic E-state index is 0.223. The Kier molecular flexibility index (Phi) is 5.14. The van der Waals surface area contributed by atoms with Crippen molar-refractivity contribution in [3.05, 3.63) is 16.5 Å². The van der Waals surface area contributed by atoms with Crippen LogP contribution in [0.15, 0.2) is 0 Å². The predicted molar refractivity (Wildman–Crippen MR) is 76.8 cm³/mol. The number of rotatable bonds is 6. The number of carbonyl (C=O) groups excluding carboxylic acids is 1. The van der Waals surface area contributed by atoms with Gasteiger partial charge in [0.2, 0.25) is 0 Å². The van der Waals surface area contributed by atoms with Gasteiger partial charge in [0, 0.05) is 6.54 Å². The van der Waals surface area contributed by atoms with E-state index in [9.17, 15) is 4.79 Å². The molecule has 0 saturated heterocycles. The Bertz CT molecular complexity index is 445. The van der Waals surface area contributed by atoms with E-state index in [1.165, 1.54) is 32.1 Å². The van der Waals surface area contributed by atoms with Crippen molar-refractivity contribution in [2.75, 3.05) is 11.9 Å². The summed E-state index contributed by atoms with van der Waals surface area (Å²) in [4.78, 5) is 19.2. The van der Waals surface area contributed by atoms with Gasteiger partial charge in [-0.1, -0.05) is 37.3 Å². The topological polar surface area (TPSA) is 54.9 Å². The van der Waals surface area contributed by atoms with E-state index in [1.54, 1.807) is 6.92 Å². The van der Waals surface area contributed by atoms with Gasteiger partial charge in [-0.25, -0.2) is 9.97 Å². The molecule has 0 atom stereocenters. The van der Waals surface area contributed by atoms with Crippen molar-refractivity contribution in [3.8, 4) is 0 Å². The van der Waals surface area contributed by atoms with Gasteiger partial charge in [-0.15, -0.1) is 0 Å². The largest absolute Gasteiger partial charge is 0.369 e. The second kappa shape index (κ2) is 6.85. The highest BCUT2D eigenvalue weighted by atomic mass is 35.5. The van der Waals surface area contributed by atoms with E-state index < -0.39 is 0 Å². The second-order valence-electron chi connectivity index (χ2n) is 5.16. The van der Waals surface area contributed by atoms with E-state index in [1.807, 2.05) is 0 Å². The van der Waals surface area contributed by atoms with Gasteiger partial charge in [-0.3, -0.25) is 4.79 Å². The molecule has 1 heterocycles. The SMILES string of the molecule is Cc1nc(Cl)c(C=O)c(NCCCC2CCCC2)n1. The number of halogens is 1. The molecule has 1 N–H and O–H groups in total. The molecule has 1 aliphatic carbocycles. The highest BCUT2D eigenvalue weighted by Gasteiger charge is 2.14. The van der Waals surface area contributed by atoms with E-state index in [-0.39, 0.29) is 5.15 Å². The van der Waals surface area contributed by atoms with Crippen LogP contribution in [0.2, 0.25) is 5.15 Å². The molecule has 19 heavy (non-hydrogen) atoms. The summed E-state index contributed by atoms with van der Waals surface area (Å²) in [6.07, 6.45) is 8.57. The summed E-state index contributed by atoms with van der Waals surface area (Å²) in [5.74, 6) is 2.02. The predicted octanol–water partition coefficient (Wildman–Crippen LogP) is 3.63. The Hall–Kier alpha value is -1.16. The van der Waals surface area contributed by atoms with E-state index in [0.29, 0.717) is 23.5 Å². The molecule has 1 aliphatic rings. The number of anilines is 1. The van der Waals surface area contributed by atoms with E-state index in [0.717, 1.165) is 18.9 Å². The number of hydrogen-bond donors (Lipinski definition) is 1. The average Bonchev–Trinajstić information content (AvgIpc) is 2.87. The molecule has 1 aromatic rings. The Morgan fingerprint density at radius 3 is 2.79 bits per heavy atom. The lowest BCUT2D eigenvalue weighted by atomic mass is 10.0. The maximum Gasteiger partial charge on any atom is 0.156 e. The monoisotopic (exact) mass is 281 g/mol. The molecule has 0 radical (unpaired) electrons. The van der Waals surface area contributed by atoms with Crippen molar-refractivity contribution in [2.24, 2.45) is 5.92 Å². The van der Waals surface area contributed by atoms with Gasteiger partial charge in [-0.05, 0) is 25.7 Å². The Morgan fingerprint density at radius 2 is 2.11 bits per heavy atom. The molecular weight excluding hydrogens is 262 g/mol. The quantitative estimate of drug-likeness (QED) is 0.491. The summed E-state index contributed by atoms with van der Waals surface area (Å²) in [6.45, 7) is 2.59. The average molecular weight is 282 g/mol. The van der Waals surface area contributed by atoms with Gasteiger partial charge in [0.05, 0.1) is 5.56 Å². The van der Waals surface area contributed by atoms with Crippen LogP contribution in [0.4, 0.5) is 5.82 Å². The number of aromatic nitrogens is 2. The highest BCUT2D eigenvalue weighted by Crippen LogP contribution is 2.28. The normalized spacial score (nSPS) is 15.7. The molecule has 104 valence electrons. The first-order valence-corrected chi connectivity index (χ1v) is 7.31. The molecule has 0 spiro atoms. The summed E-state index contributed by atoms with van der Waals surface area (Å²) in [5.41, 5.74) is 0.355. The van der Waals surface area contributed by atoms with Crippen molar-refractivity contribution < 1.29 is 4.79 Å². The first kappa shape index (κ1) is 14.3. The van der Waals surface area contributed by atoms with Gasteiger partial charge in [0.1, 0.15) is 16.8 Å². The van der Waals surface area contributed by atoms with Crippen LogP contribution in [0, 0.1) is 12.8 Å². The van der Waals surface area contributed by atoms with Crippen molar-refractivity contribution in [2.45, 2.75) is 45.4 Å². The number of aryl methyl sites for hydroxylation is 1. The van der Waals surface area contributed by atoms with Gasteiger partial charge >= 0.3 is 0 Å². The van der Waals surface area contributed by atoms with Crippen LogP contribution in [0.25, 0.3) is 0 Å². The molecule has 0 unspecified atom stereocenters. The van der Waals surface area contributed by atoms with Crippen molar-refractivity contribution in [3.63, 3.8) is 0 Å². The summed E-state index contributed by atoms with van der Waals surface area (Å²) in [7, 11) is 0. The van der Waals surface area contributed by atoms with E-state index >= 15 is 0 Å². The lowest BCUT2D eigenvalue weighted by Gasteiger charge is -2.11.